The lowest BCUT2D eigenvalue weighted by Crippen LogP contribution is -2.48. The molecule has 7 heteroatoms. The third-order valence-electron chi connectivity index (χ3n) is 2.16. The maximum atomic E-state index is 13.4. The van der Waals surface area contributed by atoms with Crippen LogP contribution in [0.3, 0.4) is 0 Å². The van der Waals surface area contributed by atoms with Crippen LogP contribution in [0.1, 0.15) is 27.7 Å². The molecule has 0 amide bonds. The number of hydrogen-bond donors (Lipinski definition) is 0. The molecule has 0 spiro atoms. The van der Waals surface area contributed by atoms with Gasteiger partial charge < -0.3 is 9.47 Å². The van der Waals surface area contributed by atoms with E-state index in [4.69, 9.17) is 4.74 Å². The van der Waals surface area contributed by atoms with Gasteiger partial charge in [0, 0.05) is 5.33 Å². The molecule has 1 atom stereocenters. The average molecular weight is 357 g/mol. The second-order valence-electron chi connectivity index (χ2n) is 4.95. The van der Waals surface area contributed by atoms with E-state index in [2.05, 4.69) is 20.7 Å². The SMILES string of the molecule is CCOC(=O)C(/C=C/CBr)(C(=O)OC(C)(C)C)C(F)F. The molecule has 0 bridgehead atoms. The fourth-order valence-corrected chi connectivity index (χ4v) is 1.50. The van der Waals surface area contributed by atoms with E-state index < -0.39 is 29.4 Å². The smallest absolute Gasteiger partial charge is 0.334 e. The van der Waals surface area contributed by atoms with Crippen LogP contribution in [0.15, 0.2) is 12.2 Å². The van der Waals surface area contributed by atoms with Crippen LogP contribution >= 0.6 is 15.9 Å². The van der Waals surface area contributed by atoms with Gasteiger partial charge in [0.1, 0.15) is 5.60 Å². The van der Waals surface area contributed by atoms with Crippen LogP contribution in [0.4, 0.5) is 8.78 Å². The molecule has 0 saturated carbocycles. The van der Waals surface area contributed by atoms with Crippen LogP contribution in [0.5, 0.6) is 0 Å². The van der Waals surface area contributed by atoms with Crippen LogP contribution < -0.4 is 0 Å². The summed E-state index contributed by atoms with van der Waals surface area (Å²) in [5.41, 5.74) is -3.73. The van der Waals surface area contributed by atoms with Crippen molar-refractivity contribution < 1.29 is 27.8 Å². The molecule has 0 N–H and O–H groups in total. The number of alkyl halides is 3. The number of rotatable bonds is 6. The van der Waals surface area contributed by atoms with Gasteiger partial charge in [0.05, 0.1) is 6.61 Å². The molecule has 20 heavy (non-hydrogen) atoms. The zero-order chi connectivity index (χ0) is 16.0. The van der Waals surface area contributed by atoms with Crippen molar-refractivity contribution in [1.82, 2.24) is 0 Å². The summed E-state index contributed by atoms with van der Waals surface area (Å²) in [6.07, 6.45) is -1.20. The molecule has 0 aliphatic heterocycles. The van der Waals surface area contributed by atoms with Crippen LogP contribution in [-0.2, 0) is 19.1 Å². The maximum Gasteiger partial charge on any atom is 0.334 e. The summed E-state index contributed by atoms with van der Waals surface area (Å²) in [6, 6.07) is 0. The molecule has 0 saturated heterocycles. The second kappa shape index (κ2) is 7.71. The minimum Gasteiger partial charge on any atom is -0.465 e. The van der Waals surface area contributed by atoms with Gasteiger partial charge in [-0.25, -0.2) is 8.78 Å². The van der Waals surface area contributed by atoms with Crippen molar-refractivity contribution in [2.75, 3.05) is 11.9 Å². The normalized spacial score (nSPS) is 15.2. The highest BCUT2D eigenvalue weighted by molar-refractivity contribution is 9.09. The monoisotopic (exact) mass is 356 g/mol. The molecule has 0 aromatic carbocycles. The molecule has 0 aromatic heterocycles. The number of allylic oxidation sites excluding steroid dienone is 1. The molecule has 0 fully saturated rings. The number of esters is 2. The highest BCUT2D eigenvalue weighted by Crippen LogP contribution is 2.33. The Morgan fingerprint density at radius 1 is 1.25 bits per heavy atom. The number of carbonyl (C=O) groups excluding carboxylic acids is 2. The van der Waals surface area contributed by atoms with Gasteiger partial charge in [-0.3, -0.25) is 9.59 Å². The quantitative estimate of drug-likeness (QED) is 0.317. The molecule has 4 nitrogen and oxygen atoms in total. The zero-order valence-corrected chi connectivity index (χ0v) is 13.5. The molecule has 1 unspecified atom stereocenters. The van der Waals surface area contributed by atoms with Crippen molar-refractivity contribution >= 4 is 27.9 Å². The second-order valence-corrected chi connectivity index (χ2v) is 5.60. The first kappa shape index (κ1) is 19.0. The molecule has 0 radical (unpaired) electrons. The lowest BCUT2D eigenvalue weighted by atomic mass is 9.87. The van der Waals surface area contributed by atoms with E-state index in [1.165, 1.54) is 33.8 Å². The van der Waals surface area contributed by atoms with Crippen molar-refractivity contribution in [3.05, 3.63) is 12.2 Å². The Hall–Kier alpha value is -0.980. The first-order valence-electron chi connectivity index (χ1n) is 6.04. The molecule has 0 aliphatic rings. The van der Waals surface area contributed by atoms with E-state index in [0.717, 1.165) is 6.08 Å². The lowest BCUT2D eigenvalue weighted by molar-refractivity contribution is -0.185. The minimum atomic E-state index is -3.27. The summed E-state index contributed by atoms with van der Waals surface area (Å²) in [5, 5.41) is 0.212. The topological polar surface area (TPSA) is 52.6 Å². The van der Waals surface area contributed by atoms with Gasteiger partial charge in [0.25, 0.3) is 6.43 Å². The highest BCUT2D eigenvalue weighted by Gasteiger charge is 2.56. The Kier molecular flexibility index (Phi) is 7.33. The predicted molar refractivity (Wildman–Crippen MR) is 73.8 cm³/mol. The van der Waals surface area contributed by atoms with Crippen molar-refractivity contribution in [3.8, 4) is 0 Å². The first-order valence-corrected chi connectivity index (χ1v) is 7.16. The molecule has 0 aliphatic carbocycles. The Morgan fingerprint density at radius 2 is 1.80 bits per heavy atom. The standard InChI is InChI=1S/C13H19BrF2O4/c1-5-19-10(17)13(9(15)16,7-6-8-14)11(18)20-12(2,3)4/h6-7,9H,5,8H2,1-4H3/b7-6+. The Balaban J connectivity index is 5.68. The Bertz CT molecular complexity index is 377. The van der Waals surface area contributed by atoms with Gasteiger partial charge in [-0.15, -0.1) is 0 Å². The maximum absolute atomic E-state index is 13.4. The number of halogens is 3. The van der Waals surface area contributed by atoms with E-state index in [-0.39, 0.29) is 11.9 Å². The van der Waals surface area contributed by atoms with Gasteiger partial charge in [-0.2, -0.15) is 0 Å². The minimum absolute atomic E-state index is 0.113. The lowest BCUT2D eigenvalue weighted by Gasteiger charge is -2.29. The summed E-state index contributed by atoms with van der Waals surface area (Å²) < 4.78 is 36.4. The predicted octanol–water partition coefficient (Wildman–Crippen LogP) is 3.09. The van der Waals surface area contributed by atoms with Crippen molar-refractivity contribution in [2.24, 2.45) is 5.41 Å². The fraction of sp³-hybridized carbons (Fsp3) is 0.692. The van der Waals surface area contributed by atoms with E-state index >= 15 is 0 Å². The van der Waals surface area contributed by atoms with Gasteiger partial charge in [0.2, 0.25) is 5.41 Å². The Morgan fingerprint density at radius 3 is 2.15 bits per heavy atom. The highest BCUT2D eigenvalue weighted by atomic mass is 79.9. The van der Waals surface area contributed by atoms with Gasteiger partial charge in [0.15, 0.2) is 0 Å². The first-order chi connectivity index (χ1) is 9.11. The summed E-state index contributed by atoms with van der Waals surface area (Å²) in [6.45, 7) is 5.94. The number of carbonyl (C=O) groups is 2. The third-order valence-corrected chi connectivity index (χ3v) is 2.54. The van der Waals surface area contributed by atoms with Crippen LogP contribution in [0.2, 0.25) is 0 Å². The van der Waals surface area contributed by atoms with E-state index in [1.54, 1.807) is 0 Å². The van der Waals surface area contributed by atoms with Crippen LogP contribution in [-0.4, -0.2) is 35.9 Å². The van der Waals surface area contributed by atoms with Crippen LogP contribution in [0, 0.1) is 5.41 Å². The third kappa shape index (κ3) is 4.85. The van der Waals surface area contributed by atoms with E-state index in [9.17, 15) is 18.4 Å². The van der Waals surface area contributed by atoms with E-state index in [0.29, 0.717) is 0 Å². The number of hydrogen-bond acceptors (Lipinski definition) is 4. The summed E-state index contributed by atoms with van der Waals surface area (Å²) in [5.74, 6) is -2.64. The van der Waals surface area contributed by atoms with Crippen molar-refractivity contribution in [1.29, 1.82) is 0 Å². The average Bonchev–Trinajstić information content (AvgIpc) is 2.27. The van der Waals surface area contributed by atoms with Gasteiger partial charge in [-0.1, -0.05) is 28.1 Å². The fourth-order valence-electron chi connectivity index (χ4n) is 1.31. The summed E-state index contributed by atoms with van der Waals surface area (Å²) in [4.78, 5) is 23.9. The van der Waals surface area contributed by atoms with E-state index in [1.807, 2.05) is 0 Å². The van der Waals surface area contributed by atoms with Gasteiger partial charge in [-0.05, 0) is 27.7 Å². The molecule has 0 heterocycles. The van der Waals surface area contributed by atoms with Gasteiger partial charge >= 0.3 is 11.9 Å². The van der Waals surface area contributed by atoms with Crippen molar-refractivity contribution in [3.63, 3.8) is 0 Å². The molecular weight excluding hydrogens is 338 g/mol. The molecule has 0 aromatic rings. The molecule has 116 valence electrons. The molecular formula is C13H19BrF2O4. The number of ether oxygens (including phenoxy) is 2. The van der Waals surface area contributed by atoms with Crippen LogP contribution in [0.25, 0.3) is 0 Å². The largest absolute Gasteiger partial charge is 0.465 e. The summed E-state index contributed by atoms with van der Waals surface area (Å²) in [7, 11) is 0. The van der Waals surface area contributed by atoms with Crippen molar-refractivity contribution in [2.45, 2.75) is 39.7 Å². The molecule has 0 rings (SSSR count). The zero-order valence-electron chi connectivity index (χ0n) is 11.9. The summed E-state index contributed by atoms with van der Waals surface area (Å²) >= 11 is 3.01. The Labute approximate surface area is 125 Å².